The molecule has 1 N–H and O–H groups in total. The minimum atomic E-state index is 0.358. The lowest BCUT2D eigenvalue weighted by Crippen LogP contribution is -2.18. The molecular formula is C11H15NO. The first-order chi connectivity index (χ1) is 6.25. The molecule has 0 amide bonds. The molecule has 1 saturated heterocycles. The first kappa shape index (κ1) is 8.42. The van der Waals surface area contributed by atoms with Gasteiger partial charge in [0.1, 0.15) is 5.75 Å². The zero-order valence-electron chi connectivity index (χ0n) is 7.90. The molecule has 0 bridgehead atoms. The topological polar surface area (TPSA) is 23.5 Å². The first-order valence-electron chi connectivity index (χ1n) is 4.79. The van der Waals surface area contributed by atoms with Gasteiger partial charge in [0, 0.05) is 24.8 Å². The molecule has 2 heteroatoms. The van der Waals surface area contributed by atoms with Crippen LogP contribution in [0.4, 0.5) is 5.69 Å². The van der Waals surface area contributed by atoms with Crippen molar-refractivity contribution in [1.82, 2.24) is 0 Å². The number of hydrogen-bond donors (Lipinski definition) is 1. The number of anilines is 1. The van der Waals surface area contributed by atoms with Crippen LogP contribution in [0.15, 0.2) is 24.3 Å². The van der Waals surface area contributed by atoms with Crippen LogP contribution in [0, 0.1) is 5.92 Å². The predicted molar refractivity (Wildman–Crippen MR) is 54.1 cm³/mol. The van der Waals surface area contributed by atoms with Crippen LogP contribution in [0.2, 0.25) is 0 Å². The van der Waals surface area contributed by atoms with Gasteiger partial charge in [-0.25, -0.2) is 0 Å². The standard InChI is InChI=1S/C11H15NO/c1-9-5-6-12(8-9)10-3-2-4-11(13)7-10/h2-4,7,9,13H,5-6,8H2,1H3. The van der Waals surface area contributed by atoms with Crippen LogP contribution in [-0.4, -0.2) is 18.2 Å². The Labute approximate surface area is 78.8 Å². The highest BCUT2D eigenvalue weighted by Gasteiger charge is 2.18. The zero-order valence-corrected chi connectivity index (χ0v) is 7.90. The van der Waals surface area contributed by atoms with Crippen molar-refractivity contribution in [1.29, 1.82) is 0 Å². The number of rotatable bonds is 1. The van der Waals surface area contributed by atoms with Crippen LogP contribution in [0.3, 0.4) is 0 Å². The zero-order chi connectivity index (χ0) is 9.26. The maximum absolute atomic E-state index is 9.31. The van der Waals surface area contributed by atoms with Crippen molar-refractivity contribution in [2.45, 2.75) is 13.3 Å². The van der Waals surface area contributed by atoms with E-state index in [1.165, 1.54) is 6.42 Å². The second kappa shape index (κ2) is 3.29. The lowest BCUT2D eigenvalue weighted by atomic mass is 10.2. The van der Waals surface area contributed by atoms with E-state index in [9.17, 15) is 5.11 Å². The summed E-state index contributed by atoms with van der Waals surface area (Å²) in [4.78, 5) is 2.32. The Morgan fingerprint density at radius 3 is 2.92 bits per heavy atom. The van der Waals surface area contributed by atoms with Crippen LogP contribution in [0.1, 0.15) is 13.3 Å². The molecule has 1 fully saturated rings. The fraction of sp³-hybridized carbons (Fsp3) is 0.455. The number of nitrogens with zero attached hydrogens (tertiary/aromatic N) is 1. The van der Waals surface area contributed by atoms with Gasteiger partial charge in [0.15, 0.2) is 0 Å². The van der Waals surface area contributed by atoms with Crippen LogP contribution in [0.25, 0.3) is 0 Å². The molecule has 0 aromatic heterocycles. The van der Waals surface area contributed by atoms with Crippen LogP contribution >= 0.6 is 0 Å². The second-order valence-corrected chi connectivity index (χ2v) is 3.86. The Morgan fingerprint density at radius 2 is 2.31 bits per heavy atom. The Kier molecular flexibility index (Phi) is 2.13. The highest BCUT2D eigenvalue weighted by Crippen LogP contribution is 2.25. The highest BCUT2D eigenvalue weighted by molar-refractivity contribution is 5.50. The molecule has 1 heterocycles. The fourth-order valence-electron chi connectivity index (χ4n) is 1.86. The SMILES string of the molecule is CC1CCN(c2cccc(O)c2)C1. The largest absolute Gasteiger partial charge is 0.508 e. The van der Waals surface area contributed by atoms with Crippen molar-refractivity contribution < 1.29 is 5.11 Å². The third kappa shape index (κ3) is 1.77. The molecule has 13 heavy (non-hydrogen) atoms. The van der Waals surface area contributed by atoms with Gasteiger partial charge in [-0.15, -0.1) is 0 Å². The summed E-state index contributed by atoms with van der Waals surface area (Å²) < 4.78 is 0. The van der Waals surface area contributed by atoms with Gasteiger partial charge in [0.05, 0.1) is 0 Å². The molecule has 0 spiro atoms. The van der Waals surface area contributed by atoms with Crippen molar-refractivity contribution in [3.63, 3.8) is 0 Å². The van der Waals surface area contributed by atoms with Gasteiger partial charge in [-0.1, -0.05) is 13.0 Å². The van der Waals surface area contributed by atoms with E-state index in [0.717, 1.165) is 24.7 Å². The van der Waals surface area contributed by atoms with E-state index in [1.807, 2.05) is 12.1 Å². The average molecular weight is 177 g/mol. The summed E-state index contributed by atoms with van der Waals surface area (Å²) in [6.45, 7) is 4.50. The Bertz CT molecular complexity index is 298. The molecule has 0 saturated carbocycles. The Morgan fingerprint density at radius 1 is 1.46 bits per heavy atom. The molecule has 1 aliphatic heterocycles. The van der Waals surface area contributed by atoms with E-state index < -0.39 is 0 Å². The molecule has 2 rings (SSSR count). The maximum Gasteiger partial charge on any atom is 0.117 e. The van der Waals surface area contributed by atoms with E-state index in [4.69, 9.17) is 0 Å². The smallest absolute Gasteiger partial charge is 0.117 e. The van der Waals surface area contributed by atoms with E-state index in [2.05, 4.69) is 17.9 Å². The average Bonchev–Trinajstić information content (AvgIpc) is 2.52. The molecule has 1 aromatic rings. The fourth-order valence-corrected chi connectivity index (χ4v) is 1.86. The van der Waals surface area contributed by atoms with E-state index >= 15 is 0 Å². The summed E-state index contributed by atoms with van der Waals surface area (Å²) in [5.74, 6) is 1.14. The minimum absolute atomic E-state index is 0.358. The van der Waals surface area contributed by atoms with E-state index in [-0.39, 0.29) is 0 Å². The quantitative estimate of drug-likeness (QED) is 0.711. The number of benzene rings is 1. The van der Waals surface area contributed by atoms with Gasteiger partial charge < -0.3 is 10.0 Å². The molecule has 1 atom stereocenters. The van der Waals surface area contributed by atoms with Gasteiger partial charge in [-0.2, -0.15) is 0 Å². The molecule has 0 radical (unpaired) electrons. The predicted octanol–water partition coefficient (Wildman–Crippen LogP) is 2.24. The summed E-state index contributed by atoms with van der Waals surface area (Å²) in [5.41, 5.74) is 1.14. The minimum Gasteiger partial charge on any atom is -0.508 e. The van der Waals surface area contributed by atoms with Crippen LogP contribution < -0.4 is 4.90 Å². The van der Waals surface area contributed by atoms with Crippen molar-refractivity contribution in [3.8, 4) is 5.75 Å². The summed E-state index contributed by atoms with van der Waals surface area (Å²) in [6, 6.07) is 7.49. The summed E-state index contributed by atoms with van der Waals surface area (Å²) in [5, 5.41) is 9.31. The first-order valence-corrected chi connectivity index (χ1v) is 4.79. The molecule has 1 unspecified atom stereocenters. The third-order valence-electron chi connectivity index (χ3n) is 2.62. The summed E-state index contributed by atoms with van der Waals surface area (Å²) in [7, 11) is 0. The Hall–Kier alpha value is -1.18. The maximum atomic E-state index is 9.31. The monoisotopic (exact) mass is 177 g/mol. The van der Waals surface area contributed by atoms with Crippen molar-refractivity contribution >= 4 is 5.69 Å². The van der Waals surface area contributed by atoms with E-state index in [1.54, 1.807) is 6.07 Å². The number of aromatic hydroxyl groups is 1. The van der Waals surface area contributed by atoms with Gasteiger partial charge in [-0.05, 0) is 24.5 Å². The van der Waals surface area contributed by atoms with Crippen LogP contribution in [-0.2, 0) is 0 Å². The normalized spacial score (nSPS) is 22.2. The molecule has 2 nitrogen and oxygen atoms in total. The second-order valence-electron chi connectivity index (χ2n) is 3.86. The number of hydrogen-bond acceptors (Lipinski definition) is 2. The Balaban J connectivity index is 2.16. The molecule has 1 aromatic carbocycles. The van der Waals surface area contributed by atoms with Gasteiger partial charge in [-0.3, -0.25) is 0 Å². The third-order valence-corrected chi connectivity index (χ3v) is 2.62. The van der Waals surface area contributed by atoms with Crippen molar-refractivity contribution in [3.05, 3.63) is 24.3 Å². The van der Waals surface area contributed by atoms with Crippen molar-refractivity contribution in [2.24, 2.45) is 5.92 Å². The number of phenols is 1. The van der Waals surface area contributed by atoms with Gasteiger partial charge >= 0.3 is 0 Å². The summed E-state index contributed by atoms with van der Waals surface area (Å²) >= 11 is 0. The lowest BCUT2D eigenvalue weighted by molar-refractivity contribution is 0.475. The van der Waals surface area contributed by atoms with Crippen molar-refractivity contribution in [2.75, 3.05) is 18.0 Å². The van der Waals surface area contributed by atoms with Crippen LogP contribution in [0.5, 0.6) is 5.75 Å². The van der Waals surface area contributed by atoms with E-state index in [0.29, 0.717) is 5.75 Å². The molecule has 70 valence electrons. The molecule has 1 aliphatic rings. The van der Waals surface area contributed by atoms with Gasteiger partial charge in [0.2, 0.25) is 0 Å². The summed E-state index contributed by atoms with van der Waals surface area (Å²) in [6.07, 6.45) is 1.26. The number of phenolic OH excluding ortho intramolecular Hbond substituents is 1. The lowest BCUT2D eigenvalue weighted by Gasteiger charge is -2.17. The molecular weight excluding hydrogens is 162 g/mol. The van der Waals surface area contributed by atoms with Gasteiger partial charge in [0.25, 0.3) is 0 Å². The highest BCUT2D eigenvalue weighted by atomic mass is 16.3. The molecule has 0 aliphatic carbocycles.